The van der Waals surface area contributed by atoms with E-state index in [1.54, 1.807) is 30.2 Å². The van der Waals surface area contributed by atoms with Gasteiger partial charge in [-0.15, -0.1) is 0 Å². The van der Waals surface area contributed by atoms with Gasteiger partial charge in [0, 0.05) is 24.2 Å². The number of ether oxygens (including phenoxy) is 2. The summed E-state index contributed by atoms with van der Waals surface area (Å²) in [6.07, 6.45) is 1.71. The zero-order chi connectivity index (χ0) is 24.1. The van der Waals surface area contributed by atoms with E-state index in [4.69, 9.17) is 9.47 Å². The summed E-state index contributed by atoms with van der Waals surface area (Å²) in [5.74, 6) is 0.112. The molecule has 35 heavy (non-hydrogen) atoms. The number of nitrogens with zero attached hydrogens (tertiary/aromatic N) is 3. The molecule has 1 fully saturated rings. The van der Waals surface area contributed by atoms with Crippen LogP contribution in [0.2, 0.25) is 0 Å². The van der Waals surface area contributed by atoms with Gasteiger partial charge < -0.3 is 24.4 Å². The second-order valence-corrected chi connectivity index (χ2v) is 8.76. The fourth-order valence-electron chi connectivity index (χ4n) is 4.83. The molecule has 176 valence electrons. The fourth-order valence-corrected chi connectivity index (χ4v) is 4.83. The SMILES string of the molecule is Cc1ccc(O)c2c1C(=O)C1=C(Oc3ccccc3CN1c1ccc(N3CCOCC3)nc1)C2=O. The fraction of sp³-hybridized carbons (Fsp3) is 0.222. The maximum absolute atomic E-state index is 13.9. The molecule has 0 spiro atoms. The molecule has 3 aromatic rings. The van der Waals surface area contributed by atoms with Crippen LogP contribution in [0.1, 0.15) is 31.8 Å². The summed E-state index contributed by atoms with van der Waals surface area (Å²) in [5.41, 5.74) is 2.43. The lowest BCUT2D eigenvalue weighted by atomic mass is 9.87. The third-order valence-corrected chi connectivity index (χ3v) is 6.64. The molecule has 0 radical (unpaired) electrons. The average Bonchev–Trinajstić information content (AvgIpc) is 3.07. The highest BCUT2D eigenvalue weighted by Crippen LogP contribution is 2.41. The van der Waals surface area contributed by atoms with Crippen LogP contribution in [-0.4, -0.2) is 48.0 Å². The molecular weight excluding hydrogens is 446 g/mol. The molecule has 0 amide bonds. The first-order valence-corrected chi connectivity index (χ1v) is 11.5. The number of Topliss-reactive ketones (excluding diaryl/α,β-unsaturated/α-hetero) is 2. The number of ketones is 2. The van der Waals surface area contributed by atoms with Gasteiger partial charge in [0.1, 0.15) is 23.0 Å². The van der Waals surface area contributed by atoms with Crippen LogP contribution in [0.4, 0.5) is 11.5 Å². The van der Waals surface area contributed by atoms with E-state index in [9.17, 15) is 14.7 Å². The van der Waals surface area contributed by atoms with Crippen molar-refractivity contribution in [3.05, 3.63) is 88.4 Å². The Balaban J connectivity index is 1.49. The number of carbonyl (C=O) groups excluding carboxylic acids is 2. The Morgan fingerprint density at radius 3 is 2.51 bits per heavy atom. The summed E-state index contributed by atoms with van der Waals surface area (Å²) in [6.45, 7) is 4.91. The standard InChI is InChI=1S/C27H23N3O5/c1-16-6-8-19(31)23-22(16)25(32)24-27(26(23)33)35-20-5-3-2-4-17(20)15-30(24)18-7-9-21(28-14-18)29-10-12-34-13-11-29/h2-9,14,31H,10-13,15H2,1H3. The van der Waals surface area contributed by atoms with Gasteiger partial charge in [0.25, 0.3) is 0 Å². The molecule has 1 saturated heterocycles. The predicted molar refractivity (Wildman–Crippen MR) is 129 cm³/mol. The van der Waals surface area contributed by atoms with E-state index < -0.39 is 5.78 Å². The lowest BCUT2D eigenvalue weighted by Gasteiger charge is -2.30. The van der Waals surface area contributed by atoms with Gasteiger partial charge in [0.2, 0.25) is 17.3 Å². The highest BCUT2D eigenvalue weighted by Gasteiger charge is 2.42. The zero-order valence-electron chi connectivity index (χ0n) is 19.2. The van der Waals surface area contributed by atoms with E-state index in [1.165, 1.54) is 6.07 Å². The summed E-state index contributed by atoms with van der Waals surface area (Å²) in [4.78, 5) is 36.1. The molecule has 0 saturated carbocycles. The predicted octanol–water partition coefficient (Wildman–Crippen LogP) is 3.62. The van der Waals surface area contributed by atoms with E-state index in [1.807, 2.05) is 30.3 Å². The summed E-state index contributed by atoms with van der Waals surface area (Å²) in [7, 11) is 0. The van der Waals surface area contributed by atoms with Gasteiger partial charge in [0.15, 0.2) is 0 Å². The molecule has 0 bridgehead atoms. The number of aryl methyl sites for hydroxylation is 1. The van der Waals surface area contributed by atoms with Gasteiger partial charge in [-0.05, 0) is 36.8 Å². The van der Waals surface area contributed by atoms with E-state index in [2.05, 4.69) is 9.88 Å². The van der Waals surface area contributed by atoms with E-state index in [-0.39, 0.29) is 34.1 Å². The number of rotatable bonds is 2. The number of aromatic hydroxyl groups is 1. The monoisotopic (exact) mass is 469 g/mol. The van der Waals surface area contributed by atoms with Crippen LogP contribution < -0.4 is 14.5 Å². The van der Waals surface area contributed by atoms with Gasteiger partial charge in [0.05, 0.1) is 37.2 Å². The molecule has 1 N–H and O–H groups in total. The molecule has 0 unspecified atom stereocenters. The van der Waals surface area contributed by atoms with Gasteiger partial charge in [-0.1, -0.05) is 24.3 Å². The number of hydrogen-bond donors (Lipinski definition) is 1. The number of carbonyl (C=O) groups is 2. The Labute approximate surface area is 202 Å². The van der Waals surface area contributed by atoms with Crippen LogP contribution in [0.15, 0.2) is 66.2 Å². The first kappa shape index (κ1) is 21.4. The average molecular weight is 469 g/mol. The number of morpholine rings is 1. The number of para-hydroxylation sites is 1. The zero-order valence-corrected chi connectivity index (χ0v) is 19.2. The highest BCUT2D eigenvalue weighted by molar-refractivity contribution is 6.28. The van der Waals surface area contributed by atoms with Crippen LogP contribution >= 0.6 is 0 Å². The van der Waals surface area contributed by atoms with E-state index >= 15 is 0 Å². The Kier molecular flexibility index (Phi) is 5.04. The van der Waals surface area contributed by atoms with Crippen LogP contribution in [0.5, 0.6) is 11.5 Å². The second kappa shape index (κ2) is 8.25. The minimum atomic E-state index is -0.518. The molecule has 1 aliphatic carbocycles. The number of fused-ring (bicyclic) bond motifs is 2. The number of phenolic OH excluding ortho intramolecular Hbond substituents is 1. The van der Waals surface area contributed by atoms with Crippen LogP contribution in [0, 0.1) is 6.92 Å². The first-order valence-electron chi connectivity index (χ1n) is 11.5. The number of anilines is 2. The van der Waals surface area contributed by atoms with Crippen molar-refractivity contribution in [3.8, 4) is 11.5 Å². The maximum atomic E-state index is 13.9. The maximum Gasteiger partial charge on any atom is 0.235 e. The van der Waals surface area contributed by atoms with E-state index in [0.717, 1.165) is 24.5 Å². The van der Waals surface area contributed by atoms with Gasteiger partial charge in [-0.25, -0.2) is 4.98 Å². The van der Waals surface area contributed by atoms with Crippen molar-refractivity contribution < 1.29 is 24.2 Å². The van der Waals surface area contributed by atoms with Crippen LogP contribution in [0.25, 0.3) is 0 Å². The molecule has 6 rings (SSSR count). The van der Waals surface area contributed by atoms with Crippen molar-refractivity contribution in [2.45, 2.75) is 13.5 Å². The third-order valence-electron chi connectivity index (χ3n) is 6.64. The number of hydrogen-bond acceptors (Lipinski definition) is 8. The lowest BCUT2D eigenvalue weighted by Crippen LogP contribution is -2.37. The van der Waals surface area contributed by atoms with E-state index in [0.29, 0.717) is 36.8 Å². The number of phenols is 1. The van der Waals surface area contributed by atoms with Crippen molar-refractivity contribution in [2.75, 3.05) is 36.1 Å². The van der Waals surface area contributed by atoms with Gasteiger partial charge in [-0.3, -0.25) is 9.59 Å². The van der Waals surface area contributed by atoms with Crippen molar-refractivity contribution in [3.63, 3.8) is 0 Å². The van der Waals surface area contributed by atoms with Crippen molar-refractivity contribution in [1.29, 1.82) is 0 Å². The molecule has 0 atom stereocenters. The molecule has 2 aliphatic heterocycles. The van der Waals surface area contributed by atoms with Crippen LogP contribution in [-0.2, 0) is 11.3 Å². The Bertz CT molecular complexity index is 1390. The molecule has 1 aromatic heterocycles. The summed E-state index contributed by atoms with van der Waals surface area (Å²) in [5, 5.41) is 10.5. The normalized spacial score (nSPS) is 17.4. The van der Waals surface area contributed by atoms with Crippen molar-refractivity contribution in [1.82, 2.24) is 4.98 Å². The minimum Gasteiger partial charge on any atom is -0.507 e. The molecule has 8 heteroatoms. The Hall–Kier alpha value is -4.17. The molecule has 3 aliphatic rings. The molecule has 2 aromatic carbocycles. The number of aromatic nitrogens is 1. The van der Waals surface area contributed by atoms with Crippen LogP contribution in [0.3, 0.4) is 0 Å². The first-order chi connectivity index (χ1) is 17.0. The topological polar surface area (TPSA) is 92.2 Å². The largest absolute Gasteiger partial charge is 0.507 e. The number of allylic oxidation sites excluding steroid dienone is 2. The summed E-state index contributed by atoms with van der Waals surface area (Å²) < 4.78 is 11.5. The quantitative estimate of drug-likeness (QED) is 0.609. The molecular formula is C27H23N3O5. The Morgan fingerprint density at radius 2 is 1.74 bits per heavy atom. The molecule has 3 heterocycles. The summed E-state index contributed by atoms with van der Waals surface area (Å²) in [6, 6.07) is 14.3. The highest BCUT2D eigenvalue weighted by atomic mass is 16.5. The third kappa shape index (κ3) is 3.45. The van der Waals surface area contributed by atoms with Crippen molar-refractivity contribution in [2.24, 2.45) is 0 Å². The summed E-state index contributed by atoms with van der Waals surface area (Å²) >= 11 is 0. The minimum absolute atomic E-state index is 0.0196. The molecule has 8 nitrogen and oxygen atoms in total. The second-order valence-electron chi connectivity index (χ2n) is 8.76. The van der Waals surface area contributed by atoms with Gasteiger partial charge in [-0.2, -0.15) is 0 Å². The van der Waals surface area contributed by atoms with Crippen molar-refractivity contribution >= 4 is 23.1 Å². The number of pyridine rings is 1. The van der Waals surface area contributed by atoms with Gasteiger partial charge >= 0.3 is 0 Å². The Morgan fingerprint density at radius 1 is 0.943 bits per heavy atom. The number of benzene rings is 2. The lowest BCUT2D eigenvalue weighted by molar-refractivity contribution is 0.0932. The smallest absolute Gasteiger partial charge is 0.235 e.